The molecule has 4 heteroatoms. The molecule has 2 nitrogen and oxygen atoms in total. The highest BCUT2D eigenvalue weighted by Gasteiger charge is 2.03. The summed E-state index contributed by atoms with van der Waals surface area (Å²) in [5, 5.41) is 12.4. The summed E-state index contributed by atoms with van der Waals surface area (Å²) in [5.41, 5.74) is 0.894. The molecule has 0 bridgehead atoms. The molecule has 0 saturated carbocycles. The Kier molecular flexibility index (Phi) is 4.06. The summed E-state index contributed by atoms with van der Waals surface area (Å²) in [5.74, 6) is 0. The molecule has 0 aliphatic heterocycles. The van der Waals surface area contributed by atoms with Gasteiger partial charge in [-0.25, -0.2) is 0 Å². The van der Waals surface area contributed by atoms with Gasteiger partial charge in [-0.2, -0.15) is 0 Å². The molecule has 1 rings (SSSR count). The fraction of sp³-hybridized carbons (Fsp3) is 0.222. The highest BCUT2D eigenvalue weighted by Crippen LogP contribution is 2.24. The van der Waals surface area contributed by atoms with E-state index in [1.807, 2.05) is 0 Å². The van der Waals surface area contributed by atoms with E-state index in [4.69, 9.17) is 28.4 Å². The third kappa shape index (κ3) is 2.90. The van der Waals surface area contributed by atoms with Gasteiger partial charge in [-0.1, -0.05) is 29.3 Å². The maximum absolute atomic E-state index is 8.19. The standard InChI is InChI=1S/C9H9Cl2NO/c10-8-4-1-5-9(11)7(8)3-2-6-12-13/h1,4-6,13H,2-3H2/b12-6+. The van der Waals surface area contributed by atoms with Crippen LogP contribution in [0.3, 0.4) is 0 Å². The SMILES string of the molecule is O/N=C/CCc1c(Cl)cccc1Cl. The van der Waals surface area contributed by atoms with Crippen LogP contribution in [0.15, 0.2) is 23.4 Å². The summed E-state index contributed by atoms with van der Waals surface area (Å²) in [6, 6.07) is 5.38. The van der Waals surface area contributed by atoms with E-state index in [2.05, 4.69) is 5.16 Å². The zero-order chi connectivity index (χ0) is 9.68. The van der Waals surface area contributed by atoms with Crippen LogP contribution < -0.4 is 0 Å². The summed E-state index contributed by atoms with van der Waals surface area (Å²) in [7, 11) is 0. The van der Waals surface area contributed by atoms with Gasteiger partial charge in [-0.05, 0) is 30.5 Å². The number of oxime groups is 1. The van der Waals surface area contributed by atoms with Crippen molar-refractivity contribution in [3.8, 4) is 0 Å². The molecular formula is C9H9Cl2NO. The van der Waals surface area contributed by atoms with Crippen molar-refractivity contribution in [1.29, 1.82) is 0 Å². The van der Waals surface area contributed by atoms with Crippen LogP contribution in [0.2, 0.25) is 10.0 Å². The third-order valence-electron chi connectivity index (χ3n) is 1.67. The van der Waals surface area contributed by atoms with Crippen molar-refractivity contribution >= 4 is 29.4 Å². The van der Waals surface area contributed by atoms with E-state index in [-0.39, 0.29) is 0 Å². The first-order valence-electron chi connectivity index (χ1n) is 3.84. The van der Waals surface area contributed by atoms with Crippen molar-refractivity contribution < 1.29 is 5.21 Å². The topological polar surface area (TPSA) is 32.6 Å². The lowest BCUT2D eigenvalue weighted by atomic mass is 10.1. The largest absolute Gasteiger partial charge is 0.411 e. The smallest absolute Gasteiger partial charge is 0.0452 e. The Labute approximate surface area is 86.8 Å². The molecule has 70 valence electrons. The average molecular weight is 218 g/mol. The normalized spacial score (nSPS) is 10.9. The molecule has 0 unspecified atom stereocenters. The molecule has 1 aromatic carbocycles. The van der Waals surface area contributed by atoms with Crippen LogP contribution in [-0.2, 0) is 6.42 Å². The van der Waals surface area contributed by atoms with Crippen molar-refractivity contribution in [2.45, 2.75) is 12.8 Å². The molecule has 1 N–H and O–H groups in total. The number of hydrogen-bond acceptors (Lipinski definition) is 2. The van der Waals surface area contributed by atoms with E-state index in [0.717, 1.165) is 5.56 Å². The van der Waals surface area contributed by atoms with Crippen molar-refractivity contribution in [2.24, 2.45) is 5.16 Å². The average Bonchev–Trinajstić information content (AvgIpc) is 2.10. The second-order valence-corrected chi connectivity index (χ2v) is 3.35. The minimum Gasteiger partial charge on any atom is -0.411 e. The monoisotopic (exact) mass is 217 g/mol. The van der Waals surface area contributed by atoms with Crippen LogP contribution in [0.1, 0.15) is 12.0 Å². The molecule has 0 atom stereocenters. The molecule has 0 radical (unpaired) electrons. The number of hydrogen-bond donors (Lipinski definition) is 1. The Hall–Kier alpha value is -0.730. The van der Waals surface area contributed by atoms with Crippen LogP contribution in [0, 0.1) is 0 Å². The maximum Gasteiger partial charge on any atom is 0.0452 e. The summed E-state index contributed by atoms with van der Waals surface area (Å²) in [6.45, 7) is 0. The quantitative estimate of drug-likeness (QED) is 0.470. The van der Waals surface area contributed by atoms with Gasteiger partial charge in [0.05, 0.1) is 0 Å². The van der Waals surface area contributed by atoms with Crippen molar-refractivity contribution in [2.75, 3.05) is 0 Å². The Morgan fingerprint density at radius 3 is 2.46 bits per heavy atom. The zero-order valence-electron chi connectivity index (χ0n) is 6.87. The number of benzene rings is 1. The van der Waals surface area contributed by atoms with E-state index >= 15 is 0 Å². The minimum absolute atomic E-state index is 0.625. The first kappa shape index (κ1) is 10.4. The van der Waals surface area contributed by atoms with Crippen LogP contribution in [0.4, 0.5) is 0 Å². The maximum atomic E-state index is 8.19. The van der Waals surface area contributed by atoms with Gasteiger partial charge in [0.25, 0.3) is 0 Å². The third-order valence-corrected chi connectivity index (χ3v) is 2.37. The molecule has 0 aliphatic rings. The van der Waals surface area contributed by atoms with Crippen molar-refractivity contribution in [3.05, 3.63) is 33.8 Å². The van der Waals surface area contributed by atoms with E-state index in [1.54, 1.807) is 18.2 Å². The predicted molar refractivity (Wildman–Crippen MR) is 55.1 cm³/mol. The van der Waals surface area contributed by atoms with E-state index in [1.165, 1.54) is 6.21 Å². The summed E-state index contributed by atoms with van der Waals surface area (Å²) in [4.78, 5) is 0. The van der Waals surface area contributed by atoms with Gasteiger partial charge in [-0.15, -0.1) is 5.16 Å². The van der Waals surface area contributed by atoms with Gasteiger partial charge in [0.1, 0.15) is 0 Å². The lowest BCUT2D eigenvalue weighted by molar-refractivity contribution is 0.320. The summed E-state index contributed by atoms with van der Waals surface area (Å²) >= 11 is 11.8. The number of halogens is 2. The molecule has 13 heavy (non-hydrogen) atoms. The Balaban J connectivity index is 2.75. The lowest BCUT2D eigenvalue weighted by Crippen LogP contribution is -1.89. The molecule has 0 fully saturated rings. The van der Waals surface area contributed by atoms with Gasteiger partial charge >= 0.3 is 0 Å². The van der Waals surface area contributed by atoms with Gasteiger partial charge in [0, 0.05) is 16.3 Å². The predicted octanol–water partition coefficient (Wildman–Crippen LogP) is 3.39. The first-order valence-corrected chi connectivity index (χ1v) is 4.60. The van der Waals surface area contributed by atoms with Crippen LogP contribution in [-0.4, -0.2) is 11.4 Å². The molecule has 0 amide bonds. The molecule has 0 aliphatic carbocycles. The molecule has 0 aromatic heterocycles. The molecule has 1 aromatic rings. The molecule has 0 heterocycles. The fourth-order valence-electron chi connectivity index (χ4n) is 1.04. The highest BCUT2D eigenvalue weighted by molar-refractivity contribution is 6.36. The number of nitrogens with zero attached hydrogens (tertiary/aromatic N) is 1. The van der Waals surface area contributed by atoms with Gasteiger partial charge in [-0.3, -0.25) is 0 Å². The highest BCUT2D eigenvalue weighted by atomic mass is 35.5. The molecular weight excluding hydrogens is 209 g/mol. The summed E-state index contributed by atoms with van der Waals surface area (Å²) < 4.78 is 0. The van der Waals surface area contributed by atoms with Gasteiger partial charge in [0.2, 0.25) is 0 Å². The Morgan fingerprint density at radius 1 is 1.31 bits per heavy atom. The van der Waals surface area contributed by atoms with Crippen LogP contribution in [0.5, 0.6) is 0 Å². The van der Waals surface area contributed by atoms with Crippen LogP contribution in [0.25, 0.3) is 0 Å². The van der Waals surface area contributed by atoms with Crippen molar-refractivity contribution in [3.63, 3.8) is 0 Å². The van der Waals surface area contributed by atoms with E-state index in [0.29, 0.717) is 22.9 Å². The fourth-order valence-corrected chi connectivity index (χ4v) is 1.62. The van der Waals surface area contributed by atoms with Gasteiger partial charge < -0.3 is 5.21 Å². The molecule has 0 saturated heterocycles. The van der Waals surface area contributed by atoms with E-state index in [9.17, 15) is 0 Å². The first-order chi connectivity index (χ1) is 6.25. The minimum atomic E-state index is 0.625. The zero-order valence-corrected chi connectivity index (χ0v) is 8.39. The Bertz CT molecular complexity index is 292. The second kappa shape index (κ2) is 5.10. The van der Waals surface area contributed by atoms with E-state index < -0.39 is 0 Å². The number of rotatable bonds is 3. The van der Waals surface area contributed by atoms with Gasteiger partial charge in [0.15, 0.2) is 0 Å². The second-order valence-electron chi connectivity index (χ2n) is 2.54. The lowest BCUT2D eigenvalue weighted by Gasteiger charge is -2.03. The van der Waals surface area contributed by atoms with Crippen molar-refractivity contribution in [1.82, 2.24) is 0 Å². The van der Waals surface area contributed by atoms with Crippen LogP contribution >= 0.6 is 23.2 Å². The summed E-state index contributed by atoms with van der Waals surface area (Å²) in [6.07, 6.45) is 2.72. The molecule has 0 spiro atoms. The Morgan fingerprint density at radius 2 is 1.92 bits per heavy atom.